The molecule has 2 atom stereocenters. The SMILES string of the molecule is COc1ccc(C2(N)CC3CC3C2)cc1C. The maximum Gasteiger partial charge on any atom is 0.121 e. The average molecular weight is 217 g/mol. The van der Waals surface area contributed by atoms with Crippen LogP contribution in [0.15, 0.2) is 18.2 Å². The predicted molar refractivity (Wildman–Crippen MR) is 64.4 cm³/mol. The number of methoxy groups -OCH3 is 1. The molecule has 2 aliphatic carbocycles. The van der Waals surface area contributed by atoms with Gasteiger partial charge in [0, 0.05) is 5.54 Å². The second kappa shape index (κ2) is 3.24. The van der Waals surface area contributed by atoms with Crippen molar-refractivity contribution in [3.63, 3.8) is 0 Å². The second-order valence-corrected chi connectivity index (χ2v) is 5.50. The number of rotatable bonds is 2. The fourth-order valence-electron chi connectivity index (χ4n) is 3.25. The molecule has 0 radical (unpaired) electrons. The molecule has 2 unspecified atom stereocenters. The summed E-state index contributed by atoms with van der Waals surface area (Å²) in [5.74, 6) is 2.77. The summed E-state index contributed by atoms with van der Waals surface area (Å²) in [5, 5.41) is 0. The van der Waals surface area contributed by atoms with E-state index in [4.69, 9.17) is 10.5 Å². The molecule has 2 saturated carbocycles. The summed E-state index contributed by atoms with van der Waals surface area (Å²) in [4.78, 5) is 0. The van der Waals surface area contributed by atoms with Crippen LogP contribution in [0.1, 0.15) is 30.4 Å². The number of fused-ring (bicyclic) bond motifs is 1. The zero-order valence-corrected chi connectivity index (χ0v) is 9.99. The van der Waals surface area contributed by atoms with Gasteiger partial charge in [-0.05, 0) is 55.2 Å². The summed E-state index contributed by atoms with van der Waals surface area (Å²) < 4.78 is 5.28. The molecule has 2 nitrogen and oxygen atoms in total. The van der Waals surface area contributed by atoms with E-state index in [0.717, 1.165) is 17.6 Å². The zero-order valence-electron chi connectivity index (χ0n) is 9.99. The molecule has 0 aliphatic heterocycles. The lowest BCUT2D eigenvalue weighted by molar-refractivity contribution is 0.401. The molecule has 1 aromatic carbocycles. The molecule has 3 rings (SSSR count). The van der Waals surface area contributed by atoms with Gasteiger partial charge in [-0.3, -0.25) is 0 Å². The largest absolute Gasteiger partial charge is 0.496 e. The number of hydrogen-bond donors (Lipinski definition) is 1. The van der Waals surface area contributed by atoms with Gasteiger partial charge in [0.15, 0.2) is 0 Å². The van der Waals surface area contributed by atoms with Crippen LogP contribution < -0.4 is 10.5 Å². The van der Waals surface area contributed by atoms with Crippen molar-refractivity contribution in [3.05, 3.63) is 29.3 Å². The van der Waals surface area contributed by atoms with Crippen LogP contribution in [-0.4, -0.2) is 7.11 Å². The highest BCUT2D eigenvalue weighted by atomic mass is 16.5. The monoisotopic (exact) mass is 217 g/mol. The molecule has 0 amide bonds. The van der Waals surface area contributed by atoms with E-state index in [-0.39, 0.29) is 5.54 Å². The molecule has 2 N–H and O–H groups in total. The molecular formula is C14H19NO. The summed E-state index contributed by atoms with van der Waals surface area (Å²) in [6.07, 6.45) is 3.75. The van der Waals surface area contributed by atoms with Crippen LogP contribution >= 0.6 is 0 Å². The number of aryl methyl sites for hydroxylation is 1. The Kier molecular flexibility index (Phi) is 2.05. The highest BCUT2D eigenvalue weighted by Gasteiger charge is 2.52. The maximum absolute atomic E-state index is 6.52. The lowest BCUT2D eigenvalue weighted by Gasteiger charge is -2.27. The Labute approximate surface area is 96.8 Å². The Morgan fingerprint density at radius 1 is 1.31 bits per heavy atom. The van der Waals surface area contributed by atoms with Crippen LogP contribution in [-0.2, 0) is 5.54 Å². The average Bonchev–Trinajstić information content (AvgIpc) is 2.87. The Balaban J connectivity index is 1.91. The van der Waals surface area contributed by atoms with Crippen LogP contribution in [0, 0.1) is 18.8 Å². The third-order valence-corrected chi connectivity index (χ3v) is 4.29. The summed E-state index contributed by atoms with van der Waals surface area (Å²) in [7, 11) is 1.71. The molecule has 16 heavy (non-hydrogen) atoms. The fraction of sp³-hybridized carbons (Fsp3) is 0.571. The van der Waals surface area contributed by atoms with E-state index in [1.54, 1.807) is 7.11 Å². The summed E-state index contributed by atoms with van der Waals surface area (Å²) in [5.41, 5.74) is 8.93. The van der Waals surface area contributed by atoms with E-state index >= 15 is 0 Å². The Morgan fingerprint density at radius 2 is 2.00 bits per heavy atom. The van der Waals surface area contributed by atoms with Crippen molar-refractivity contribution in [2.24, 2.45) is 17.6 Å². The summed E-state index contributed by atoms with van der Waals surface area (Å²) in [6, 6.07) is 6.38. The normalized spacial score (nSPS) is 35.9. The maximum atomic E-state index is 6.52. The number of hydrogen-bond acceptors (Lipinski definition) is 2. The van der Waals surface area contributed by atoms with Gasteiger partial charge in [0.05, 0.1) is 7.11 Å². The highest BCUT2D eigenvalue weighted by molar-refractivity contribution is 5.40. The van der Waals surface area contributed by atoms with E-state index in [9.17, 15) is 0 Å². The predicted octanol–water partition coefficient (Wildman–Crippen LogP) is 2.59. The molecule has 0 aromatic heterocycles. The number of nitrogens with two attached hydrogens (primary N) is 1. The van der Waals surface area contributed by atoms with Crippen molar-refractivity contribution in [1.82, 2.24) is 0 Å². The van der Waals surface area contributed by atoms with E-state index in [1.165, 1.54) is 30.4 Å². The third-order valence-electron chi connectivity index (χ3n) is 4.29. The molecule has 86 valence electrons. The third kappa shape index (κ3) is 1.44. The first-order valence-corrected chi connectivity index (χ1v) is 6.06. The van der Waals surface area contributed by atoms with Crippen LogP contribution in [0.4, 0.5) is 0 Å². The Hall–Kier alpha value is -1.02. The van der Waals surface area contributed by atoms with Gasteiger partial charge in [-0.25, -0.2) is 0 Å². The van der Waals surface area contributed by atoms with Crippen molar-refractivity contribution in [3.8, 4) is 5.75 Å². The lowest BCUT2D eigenvalue weighted by atomic mass is 9.85. The quantitative estimate of drug-likeness (QED) is 0.826. The first kappa shape index (κ1) is 10.2. The minimum Gasteiger partial charge on any atom is -0.496 e. The van der Waals surface area contributed by atoms with Gasteiger partial charge in [0.1, 0.15) is 5.75 Å². The summed E-state index contributed by atoms with van der Waals surface area (Å²) >= 11 is 0. The number of ether oxygens (including phenoxy) is 1. The van der Waals surface area contributed by atoms with E-state index in [2.05, 4.69) is 19.1 Å². The minimum absolute atomic E-state index is 0.0649. The number of benzene rings is 1. The van der Waals surface area contributed by atoms with E-state index in [0.29, 0.717) is 0 Å². The van der Waals surface area contributed by atoms with Crippen molar-refractivity contribution >= 4 is 0 Å². The molecule has 1 aromatic rings. The molecule has 0 bridgehead atoms. The smallest absolute Gasteiger partial charge is 0.121 e. The van der Waals surface area contributed by atoms with Crippen LogP contribution in [0.5, 0.6) is 5.75 Å². The molecule has 2 fully saturated rings. The van der Waals surface area contributed by atoms with E-state index in [1.807, 2.05) is 6.07 Å². The van der Waals surface area contributed by atoms with Crippen LogP contribution in [0.25, 0.3) is 0 Å². The fourth-order valence-corrected chi connectivity index (χ4v) is 3.25. The minimum atomic E-state index is -0.0649. The van der Waals surface area contributed by atoms with Gasteiger partial charge >= 0.3 is 0 Å². The van der Waals surface area contributed by atoms with Crippen molar-refractivity contribution in [1.29, 1.82) is 0 Å². The zero-order chi connectivity index (χ0) is 11.3. The summed E-state index contributed by atoms with van der Waals surface area (Å²) in [6.45, 7) is 2.08. The molecule has 2 aliphatic rings. The van der Waals surface area contributed by atoms with Crippen molar-refractivity contribution in [2.45, 2.75) is 31.7 Å². The highest BCUT2D eigenvalue weighted by Crippen LogP contribution is 2.58. The van der Waals surface area contributed by atoms with Gasteiger partial charge in [-0.2, -0.15) is 0 Å². The van der Waals surface area contributed by atoms with Gasteiger partial charge in [-0.1, -0.05) is 12.1 Å². The second-order valence-electron chi connectivity index (χ2n) is 5.50. The van der Waals surface area contributed by atoms with Crippen LogP contribution in [0.2, 0.25) is 0 Å². The van der Waals surface area contributed by atoms with E-state index < -0.39 is 0 Å². The first-order valence-electron chi connectivity index (χ1n) is 6.06. The van der Waals surface area contributed by atoms with Gasteiger partial charge < -0.3 is 10.5 Å². The van der Waals surface area contributed by atoms with Crippen molar-refractivity contribution in [2.75, 3.05) is 7.11 Å². The molecule has 0 spiro atoms. The molecule has 2 heteroatoms. The molecular weight excluding hydrogens is 198 g/mol. The van der Waals surface area contributed by atoms with Crippen LogP contribution in [0.3, 0.4) is 0 Å². The molecule has 0 saturated heterocycles. The van der Waals surface area contributed by atoms with Gasteiger partial charge in [0.2, 0.25) is 0 Å². The Morgan fingerprint density at radius 3 is 2.56 bits per heavy atom. The standard InChI is InChI=1S/C14H19NO/c1-9-5-12(3-4-13(9)16-2)14(15)7-10-6-11(10)8-14/h3-5,10-11H,6-8,15H2,1-2H3. The van der Waals surface area contributed by atoms with Gasteiger partial charge in [-0.15, -0.1) is 0 Å². The van der Waals surface area contributed by atoms with Crippen molar-refractivity contribution < 1.29 is 4.74 Å². The first-order chi connectivity index (χ1) is 7.62. The molecule has 0 heterocycles. The Bertz CT molecular complexity index is 417. The van der Waals surface area contributed by atoms with Gasteiger partial charge in [0.25, 0.3) is 0 Å². The lowest BCUT2D eigenvalue weighted by Crippen LogP contribution is -2.34. The topological polar surface area (TPSA) is 35.2 Å².